The van der Waals surface area contributed by atoms with Gasteiger partial charge in [0.15, 0.2) is 0 Å². The predicted octanol–water partition coefficient (Wildman–Crippen LogP) is 5.61. The van der Waals surface area contributed by atoms with Crippen molar-refractivity contribution in [3.63, 3.8) is 0 Å². The molecule has 0 saturated heterocycles. The Hall–Kier alpha value is 0.440. The molecule has 15 heavy (non-hydrogen) atoms. The lowest BCUT2D eigenvalue weighted by atomic mass is 10.2. The van der Waals surface area contributed by atoms with Crippen molar-refractivity contribution in [1.82, 2.24) is 0 Å². The number of thiol groups is 1. The molecular formula is C13H32S2. The summed E-state index contributed by atoms with van der Waals surface area (Å²) in [6, 6.07) is 0. The van der Waals surface area contributed by atoms with Crippen LogP contribution in [-0.2, 0) is 0 Å². The SMILES string of the molecule is C.C=CCCCC.CCCCC(C)S.S. The Kier molecular flexibility index (Phi) is 39.2. The molecule has 0 radical (unpaired) electrons. The van der Waals surface area contributed by atoms with Crippen molar-refractivity contribution in [1.29, 1.82) is 0 Å². The van der Waals surface area contributed by atoms with E-state index in [0.717, 1.165) is 0 Å². The first-order valence-electron chi connectivity index (χ1n) is 5.47. The molecule has 1 atom stereocenters. The fourth-order valence-electron chi connectivity index (χ4n) is 0.848. The molecule has 0 aliphatic carbocycles. The van der Waals surface area contributed by atoms with E-state index in [1.165, 1.54) is 38.5 Å². The van der Waals surface area contributed by atoms with Gasteiger partial charge in [-0.15, -0.1) is 6.58 Å². The first kappa shape index (κ1) is 24.6. The van der Waals surface area contributed by atoms with Crippen molar-refractivity contribution in [3.05, 3.63) is 12.7 Å². The van der Waals surface area contributed by atoms with Gasteiger partial charge in [-0.3, -0.25) is 0 Å². The van der Waals surface area contributed by atoms with Crippen molar-refractivity contribution in [3.8, 4) is 0 Å². The van der Waals surface area contributed by atoms with Crippen LogP contribution in [0, 0.1) is 0 Å². The van der Waals surface area contributed by atoms with E-state index in [9.17, 15) is 0 Å². The highest BCUT2D eigenvalue weighted by atomic mass is 32.1. The maximum Gasteiger partial charge on any atom is -0.00116 e. The van der Waals surface area contributed by atoms with E-state index >= 15 is 0 Å². The highest BCUT2D eigenvalue weighted by molar-refractivity contribution is 7.80. The van der Waals surface area contributed by atoms with E-state index in [1.54, 1.807) is 0 Å². The first-order chi connectivity index (χ1) is 6.18. The van der Waals surface area contributed by atoms with E-state index in [-0.39, 0.29) is 20.9 Å². The zero-order valence-corrected chi connectivity index (χ0v) is 11.9. The fourth-order valence-corrected chi connectivity index (χ4v) is 1.03. The zero-order chi connectivity index (χ0) is 10.5. The van der Waals surface area contributed by atoms with Gasteiger partial charge in [0.05, 0.1) is 0 Å². The van der Waals surface area contributed by atoms with Gasteiger partial charge in [0, 0.05) is 0 Å². The molecule has 0 bridgehead atoms. The molecule has 0 amide bonds. The van der Waals surface area contributed by atoms with Gasteiger partial charge in [-0.05, 0) is 18.1 Å². The van der Waals surface area contributed by atoms with E-state index in [0.29, 0.717) is 5.25 Å². The Bertz CT molecular complexity index is 90.5. The van der Waals surface area contributed by atoms with Crippen LogP contribution in [0.5, 0.6) is 0 Å². The van der Waals surface area contributed by atoms with Crippen LogP contribution in [-0.4, -0.2) is 5.25 Å². The Morgan fingerprint density at radius 1 is 1.20 bits per heavy atom. The average molecular weight is 253 g/mol. The van der Waals surface area contributed by atoms with Crippen LogP contribution in [0.15, 0.2) is 12.7 Å². The highest BCUT2D eigenvalue weighted by Crippen LogP contribution is 2.03. The fraction of sp³-hybridized carbons (Fsp3) is 0.846. The third kappa shape index (κ3) is 40.4. The van der Waals surface area contributed by atoms with Crippen molar-refractivity contribution in [2.75, 3.05) is 0 Å². The second-order valence-electron chi connectivity index (χ2n) is 3.42. The van der Waals surface area contributed by atoms with Crippen molar-refractivity contribution < 1.29 is 0 Å². The molecule has 1 unspecified atom stereocenters. The Morgan fingerprint density at radius 2 is 1.67 bits per heavy atom. The van der Waals surface area contributed by atoms with Gasteiger partial charge in [0.1, 0.15) is 0 Å². The summed E-state index contributed by atoms with van der Waals surface area (Å²) >= 11 is 4.23. The molecule has 0 fully saturated rings. The van der Waals surface area contributed by atoms with E-state index in [4.69, 9.17) is 0 Å². The topological polar surface area (TPSA) is 0 Å². The Labute approximate surface area is 111 Å². The molecule has 2 heteroatoms. The van der Waals surface area contributed by atoms with E-state index in [2.05, 4.69) is 40.0 Å². The number of hydrogen-bond donors (Lipinski definition) is 1. The summed E-state index contributed by atoms with van der Waals surface area (Å²) in [7, 11) is 0. The van der Waals surface area contributed by atoms with Crippen LogP contribution >= 0.6 is 26.1 Å². The number of rotatable bonds is 6. The molecule has 0 saturated carbocycles. The average Bonchev–Trinajstić information content (AvgIpc) is 2.12. The van der Waals surface area contributed by atoms with Crippen LogP contribution in [0.2, 0.25) is 0 Å². The minimum absolute atomic E-state index is 0. The Morgan fingerprint density at radius 3 is 1.80 bits per heavy atom. The lowest BCUT2D eigenvalue weighted by Crippen LogP contribution is -1.87. The molecule has 0 heterocycles. The molecule has 0 aliphatic rings. The van der Waals surface area contributed by atoms with Crippen molar-refractivity contribution in [2.24, 2.45) is 0 Å². The second-order valence-corrected chi connectivity index (χ2v) is 4.30. The largest absolute Gasteiger partial charge is 0.197 e. The molecule has 0 aromatic heterocycles. The van der Waals surface area contributed by atoms with Crippen molar-refractivity contribution in [2.45, 2.75) is 72.0 Å². The Balaban J connectivity index is -0.0000000718. The summed E-state index contributed by atoms with van der Waals surface area (Å²) in [6.45, 7) is 10.1. The molecular weight excluding hydrogens is 220 g/mol. The molecule has 96 valence electrons. The van der Waals surface area contributed by atoms with Crippen molar-refractivity contribution >= 4 is 26.1 Å². The summed E-state index contributed by atoms with van der Waals surface area (Å²) in [5.41, 5.74) is 0. The normalized spacial score (nSPS) is 9.87. The van der Waals surface area contributed by atoms with Crippen LogP contribution in [0.3, 0.4) is 0 Å². The molecule has 0 aromatic rings. The number of allylic oxidation sites excluding steroid dienone is 1. The summed E-state index contributed by atoms with van der Waals surface area (Å²) in [4.78, 5) is 0. The quantitative estimate of drug-likeness (QED) is 0.355. The molecule has 0 spiro atoms. The van der Waals surface area contributed by atoms with Gasteiger partial charge < -0.3 is 0 Å². The lowest BCUT2D eigenvalue weighted by molar-refractivity contribution is 0.716. The van der Waals surface area contributed by atoms with Gasteiger partial charge >= 0.3 is 0 Å². The van der Waals surface area contributed by atoms with Crippen LogP contribution in [0.4, 0.5) is 0 Å². The molecule has 0 aromatic carbocycles. The predicted molar refractivity (Wildman–Crippen MR) is 84.8 cm³/mol. The minimum Gasteiger partial charge on any atom is -0.197 e. The van der Waals surface area contributed by atoms with Crippen LogP contribution in [0.1, 0.15) is 66.7 Å². The maximum absolute atomic E-state index is 4.23. The standard InChI is InChI=1S/C6H14S.C6H12.CH4.H2S/c1-3-4-5-6(2)7;1-3-5-6-4-2;;/h6-7H,3-5H2,1-2H3;3H,1,4-6H2,2H3;1H4;1H2. The van der Waals surface area contributed by atoms with Crippen LogP contribution < -0.4 is 0 Å². The summed E-state index contributed by atoms with van der Waals surface area (Å²) < 4.78 is 0. The summed E-state index contributed by atoms with van der Waals surface area (Å²) in [6.07, 6.45) is 9.60. The van der Waals surface area contributed by atoms with Gasteiger partial charge in [-0.2, -0.15) is 26.1 Å². The second kappa shape index (κ2) is 23.9. The third-order valence-electron chi connectivity index (χ3n) is 1.74. The monoisotopic (exact) mass is 252 g/mol. The van der Waals surface area contributed by atoms with Gasteiger partial charge in [0.25, 0.3) is 0 Å². The molecule has 0 nitrogen and oxygen atoms in total. The minimum atomic E-state index is 0. The van der Waals surface area contributed by atoms with Gasteiger partial charge in [-0.25, -0.2) is 0 Å². The van der Waals surface area contributed by atoms with E-state index in [1.807, 2.05) is 6.08 Å². The third-order valence-corrected chi connectivity index (χ3v) is 2.00. The summed E-state index contributed by atoms with van der Waals surface area (Å²) in [5, 5.41) is 0.597. The summed E-state index contributed by atoms with van der Waals surface area (Å²) in [5.74, 6) is 0. The van der Waals surface area contributed by atoms with Gasteiger partial charge in [0.2, 0.25) is 0 Å². The molecule has 0 N–H and O–H groups in total. The zero-order valence-electron chi connectivity index (χ0n) is 10.1. The van der Waals surface area contributed by atoms with Gasteiger partial charge in [-0.1, -0.05) is 60.0 Å². The first-order valence-corrected chi connectivity index (χ1v) is 5.99. The maximum atomic E-state index is 4.23. The van der Waals surface area contributed by atoms with E-state index < -0.39 is 0 Å². The lowest BCUT2D eigenvalue weighted by Gasteiger charge is -1.98. The number of hydrogen-bond acceptors (Lipinski definition) is 1. The van der Waals surface area contributed by atoms with Crippen LogP contribution in [0.25, 0.3) is 0 Å². The highest BCUT2D eigenvalue weighted by Gasteiger charge is 1.89. The molecule has 0 aliphatic heterocycles. The molecule has 0 rings (SSSR count). The number of unbranched alkanes of at least 4 members (excludes halogenated alkanes) is 3. The smallest absolute Gasteiger partial charge is 0.00116 e.